The van der Waals surface area contributed by atoms with E-state index < -0.39 is 10.0 Å². The highest BCUT2D eigenvalue weighted by Crippen LogP contribution is 2.43. The molecule has 7 heteroatoms. The van der Waals surface area contributed by atoms with E-state index in [0.29, 0.717) is 5.82 Å². The topological polar surface area (TPSA) is 50.3 Å². The summed E-state index contributed by atoms with van der Waals surface area (Å²) in [4.78, 5) is 4.61. The van der Waals surface area contributed by atoms with Gasteiger partial charge in [0.2, 0.25) is 0 Å². The summed E-state index contributed by atoms with van der Waals surface area (Å²) < 4.78 is 29.1. The van der Waals surface area contributed by atoms with Gasteiger partial charge in [-0.2, -0.15) is 0 Å². The molecule has 22 heavy (non-hydrogen) atoms. The third-order valence-electron chi connectivity index (χ3n) is 4.03. The summed E-state index contributed by atoms with van der Waals surface area (Å²) in [6, 6.07) is 8.44. The summed E-state index contributed by atoms with van der Waals surface area (Å²) in [6.45, 7) is 3.94. The van der Waals surface area contributed by atoms with E-state index in [0.717, 1.165) is 14.5 Å². The molecule has 1 aromatic heterocycles. The summed E-state index contributed by atoms with van der Waals surface area (Å²) in [6.07, 6.45) is 1.63. The van der Waals surface area contributed by atoms with Crippen molar-refractivity contribution in [3.8, 4) is 0 Å². The van der Waals surface area contributed by atoms with Crippen molar-refractivity contribution in [3.05, 3.63) is 51.0 Å². The summed E-state index contributed by atoms with van der Waals surface area (Å²) in [7, 11) is -3.63. The van der Waals surface area contributed by atoms with E-state index in [1.807, 2.05) is 19.9 Å². The molecule has 1 aromatic carbocycles. The fourth-order valence-electron chi connectivity index (χ4n) is 2.68. The molecule has 0 saturated carbocycles. The Kier molecular flexibility index (Phi) is 4.07. The largest absolute Gasteiger partial charge is 0.265 e. The van der Waals surface area contributed by atoms with Gasteiger partial charge in [-0.1, -0.05) is 22.9 Å². The molecule has 2 heterocycles. The van der Waals surface area contributed by atoms with Gasteiger partial charge in [-0.3, -0.25) is 0 Å². The Labute approximate surface area is 146 Å². The minimum Gasteiger partial charge on any atom is -0.246 e. The fraction of sp³-hybridized carbons (Fsp3) is 0.267. The van der Waals surface area contributed by atoms with Crippen LogP contribution in [0, 0.1) is 0 Å². The second kappa shape index (κ2) is 5.62. The number of hydrogen-bond acceptors (Lipinski definition) is 3. The average molecular weight is 446 g/mol. The third kappa shape index (κ3) is 2.49. The minimum absolute atomic E-state index is 0.0882. The van der Waals surface area contributed by atoms with Gasteiger partial charge in [0.25, 0.3) is 10.0 Å². The zero-order valence-corrected chi connectivity index (χ0v) is 16.0. The first-order valence-corrected chi connectivity index (χ1v) is 9.80. The highest BCUT2D eigenvalue weighted by atomic mass is 79.9. The molecule has 0 aliphatic carbocycles. The lowest BCUT2D eigenvalue weighted by Gasteiger charge is -2.25. The van der Waals surface area contributed by atoms with E-state index in [4.69, 9.17) is 0 Å². The molecule has 0 saturated heterocycles. The van der Waals surface area contributed by atoms with Crippen molar-refractivity contribution in [2.75, 3.05) is 4.31 Å². The maximum absolute atomic E-state index is 13.0. The van der Waals surface area contributed by atoms with Crippen LogP contribution in [0.15, 0.2) is 50.4 Å². The molecule has 2 unspecified atom stereocenters. The number of fused-ring (bicyclic) bond motifs is 1. The van der Waals surface area contributed by atoms with Crippen LogP contribution in [-0.4, -0.2) is 19.4 Å². The molecule has 0 fully saturated rings. The Morgan fingerprint density at radius 1 is 1.09 bits per heavy atom. The Morgan fingerprint density at radius 3 is 2.36 bits per heavy atom. The van der Waals surface area contributed by atoms with Gasteiger partial charge in [-0.05, 0) is 53.2 Å². The number of hydrogen-bond donors (Lipinski definition) is 0. The molecule has 0 radical (unpaired) electrons. The lowest BCUT2D eigenvalue weighted by Crippen LogP contribution is -2.37. The smallest absolute Gasteiger partial charge is 0.246 e. The third-order valence-corrected chi connectivity index (χ3v) is 6.88. The van der Waals surface area contributed by atoms with E-state index in [9.17, 15) is 8.42 Å². The number of sulfonamides is 1. The second-order valence-corrected chi connectivity index (χ2v) is 9.00. The van der Waals surface area contributed by atoms with Gasteiger partial charge >= 0.3 is 0 Å². The molecule has 0 spiro atoms. The van der Waals surface area contributed by atoms with Crippen molar-refractivity contribution < 1.29 is 8.42 Å². The Morgan fingerprint density at radius 2 is 1.73 bits per heavy atom. The number of benzene rings is 1. The van der Waals surface area contributed by atoms with E-state index >= 15 is 0 Å². The van der Waals surface area contributed by atoms with E-state index in [-0.39, 0.29) is 16.9 Å². The van der Waals surface area contributed by atoms with Gasteiger partial charge < -0.3 is 0 Å². The van der Waals surface area contributed by atoms with Gasteiger partial charge in [0, 0.05) is 26.6 Å². The molecule has 2 aromatic rings. The van der Waals surface area contributed by atoms with Crippen molar-refractivity contribution in [1.29, 1.82) is 0 Å². The zero-order chi connectivity index (χ0) is 16.1. The SMILES string of the molecule is CC1c2cc(Br)cnc2N(S(=O)(=O)c2ccc(Br)cc2)C1C. The first-order valence-electron chi connectivity index (χ1n) is 6.78. The van der Waals surface area contributed by atoms with Crippen molar-refractivity contribution >= 4 is 47.7 Å². The molecule has 0 N–H and O–H groups in total. The molecular weight excluding hydrogens is 432 g/mol. The van der Waals surface area contributed by atoms with Crippen LogP contribution < -0.4 is 4.31 Å². The predicted molar refractivity (Wildman–Crippen MR) is 93.6 cm³/mol. The van der Waals surface area contributed by atoms with Crippen LogP contribution in [0.2, 0.25) is 0 Å². The maximum atomic E-state index is 13.0. The van der Waals surface area contributed by atoms with Crippen LogP contribution in [0.3, 0.4) is 0 Å². The van der Waals surface area contributed by atoms with Crippen molar-refractivity contribution in [2.45, 2.75) is 30.7 Å². The quantitative estimate of drug-likeness (QED) is 0.691. The highest BCUT2D eigenvalue weighted by Gasteiger charge is 2.41. The summed E-state index contributed by atoms with van der Waals surface area (Å²) >= 11 is 6.72. The first-order chi connectivity index (χ1) is 10.3. The van der Waals surface area contributed by atoms with Crippen molar-refractivity contribution in [2.24, 2.45) is 0 Å². The van der Waals surface area contributed by atoms with E-state index in [1.165, 1.54) is 4.31 Å². The second-order valence-electron chi connectivity index (χ2n) is 5.35. The maximum Gasteiger partial charge on any atom is 0.265 e. The summed E-state index contributed by atoms with van der Waals surface area (Å²) in [5.74, 6) is 0.608. The van der Waals surface area contributed by atoms with Gasteiger partial charge in [0.15, 0.2) is 0 Å². The first kappa shape index (κ1) is 16.0. The average Bonchev–Trinajstić information content (AvgIpc) is 2.72. The van der Waals surface area contributed by atoms with Crippen LogP contribution in [0.4, 0.5) is 5.82 Å². The number of aromatic nitrogens is 1. The number of pyridine rings is 1. The van der Waals surface area contributed by atoms with Crippen LogP contribution in [0.1, 0.15) is 25.3 Å². The number of anilines is 1. The molecular formula is C15H14Br2N2O2S. The van der Waals surface area contributed by atoms with Gasteiger partial charge in [0.1, 0.15) is 5.82 Å². The van der Waals surface area contributed by atoms with E-state index in [1.54, 1.807) is 30.5 Å². The van der Waals surface area contributed by atoms with Crippen molar-refractivity contribution in [1.82, 2.24) is 4.98 Å². The normalized spacial score (nSPS) is 21.0. The Bertz CT molecular complexity index is 822. The van der Waals surface area contributed by atoms with Crippen LogP contribution in [0.5, 0.6) is 0 Å². The lowest BCUT2D eigenvalue weighted by atomic mass is 10.0. The molecule has 3 rings (SSSR count). The monoisotopic (exact) mass is 444 g/mol. The molecule has 1 aliphatic rings. The molecule has 4 nitrogen and oxygen atoms in total. The fourth-order valence-corrected chi connectivity index (χ4v) is 5.00. The van der Waals surface area contributed by atoms with Gasteiger partial charge in [-0.15, -0.1) is 0 Å². The number of rotatable bonds is 2. The molecule has 0 bridgehead atoms. The molecule has 116 valence electrons. The molecule has 0 amide bonds. The summed E-state index contributed by atoms with van der Waals surface area (Å²) in [5, 5.41) is 0. The van der Waals surface area contributed by atoms with Crippen molar-refractivity contribution in [3.63, 3.8) is 0 Å². The van der Waals surface area contributed by atoms with Crippen LogP contribution in [-0.2, 0) is 10.0 Å². The minimum atomic E-state index is -3.63. The Balaban J connectivity index is 2.14. The standard InChI is InChI=1S/C15H14Br2N2O2S/c1-9-10(2)19(15-14(9)7-12(17)8-18-15)22(20,21)13-5-3-11(16)4-6-13/h3-10H,1-2H3. The molecule has 1 aliphatic heterocycles. The number of halogens is 2. The van der Waals surface area contributed by atoms with E-state index in [2.05, 4.69) is 36.8 Å². The predicted octanol–water partition coefficient (Wildman–Crippen LogP) is 4.31. The number of nitrogens with zero attached hydrogens (tertiary/aromatic N) is 2. The van der Waals surface area contributed by atoms with Crippen LogP contribution in [0.25, 0.3) is 0 Å². The van der Waals surface area contributed by atoms with Gasteiger partial charge in [0.05, 0.1) is 10.9 Å². The Hall–Kier alpha value is -0.920. The molecule has 2 atom stereocenters. The van der Waals surface area contributed by atoms with Crippen LogP contribution >= 0.6 is 31.9 Å². The summed E-state index contributed by atoms with van der Waals surface area (Å²) in [5.41, 5.74) is 0.947. The highest BCUT2D eigenvalue weighted by molar-refractivity contribution is 9.10. The lowest BCUT2D eigenvalue weighted by molar-refractivity contribution is 0.572. The zero-order valence-electron chi connectivity index (χ0n) is 12.0. The van der Waals surface area contributed by atoms with Gasteiger partial charge in [-0.25, -0.2) is 17.7 Å².